The van der Waals surface area contributed by atoms with Crippen LogP contribution < -0.4 is 25.5 Å². The lowest BCUT2D eigenvalue weighted by Gasteiger charge is -2.35. The molecule has 0 spiro atoms. The van der Waals surface area contributed by atoms with Crippen LogP contribution in [0.15, 0.2) is 44.9 Å². The van der Waals surface area contributed by atoms with E-state index in [1.54, 1.807) is 7.11 Å². The number of benzene rings is 2. The average Bonchev–Trinajstić information content (AvgIpc) is 3.30. The molecule has 2 aliphatic heterocycles. The molecular weight excluding hydrogens is 459 g/mol. The molecule has 0 aliphatic carbocycles. The summed E-state index contributed by atoms with van der Waals surface area (Å²) in [4.78, 5) is 33.5. The maximum Gasteiger partial charge on any atom is 0.335 e. The number of aliphatic imine (C=N–C) groups is 1. The molecule has 0 saturated carbocycles. The number of rotatable bonds is 5. The van der Waals surface area contributed by atoms with Gasteiger partial charge in [-0.05, 0) is 49.4 Å². The number of hydrogen-bond acceptors (Lipinski definition) is 8. The summed E-state index contributed by atoms with van der Waals surface area (Å²) >= 11 is 0. The minimum absolute atomic E-state index is 0.124. The summed E-state index contributed by atoms with van der Waals surface area (Å²) in [5, 5.41) is 10.7. The second-order valence-corrected chi connectivity index (χ2v) is 8.27. The normalized spacial score (nSPS) is 17.1. The average molecular weight is 482 g/mol. The summed E-state index contributed by atoms with van der Waals surface area (Å²) < 4.78 is 31.0. The van der Waals surface area contributed by atoms with Crippen molar-refractivity contribution in [1.29, 1.82) is 0 Å². The van der Waals surface area contributed by atoms with Gasteiger partial charge in [0.2, 0.25) is 18.4 Å². The van der Waals surface area contributed by atoms with Gasteiger partial charge in [0.1, 0.15) is 11.4 Å². The lowest BCUT2D eigenvalue weighted by atomic mass is 9.91. The van der Waals surface area contributed by atoms with Crippen molar-refractivity contribution in [2.75, 3.05) is 34.0 Å². The Hall–Kier alpha value is -4.12. The Balaban J connectivity index is 1.50. The molecule has 0 bridgehead atoms. The number of nitrogens with zero attached hydrogens (tertiary/aromatic N) is 3. The third-order valence-corrected chi connectivity index (χ3v) is 6.25. The fourth-order valence-corrected chi connectivity index (χ4v) is 4.48. The third kappa shape index (κ3) is 3.93. The van der Waals surface area contributed by atoms with E-state index in [0.717, 1.165) is 40.8 Å². The molecule has 2 aliphatic rings. The van der Waals surface area contributed by atoms with Gasteiger partial charge in [-0.1, -0.05) is 0 Å². The number of ether oxygens (including phenoxy) is 3. The largest absolute Gasteiger partial charge is 0.493 e. The molecule has 1 aromatic heterocycles. The minimum atomic E-state index is -0.849. The number of aromatic amines is 1. The van der Waals surface area contributed by atoms with Gasteiger partial charge in [-0.2, -0.15) is 0 Å². The van der Waals surface area contributed by atoms with Crippen molar-refractivity contribution in [3.05, 3.63) is 73.7 Å². The first-order valence-corrected chi connectivity index (χ1v) is 10.9. The zero-order valence-electron chi connectivity index (χ0n) is 19.1. The van der Waals surface area contributed by atoms with Crippen LogP contribution in [-0.2, 0) is 6.42 Å². The van der Waals surface area contributed by atoms with Crippen LogP contribution in [0.25, 0.3) is 5.69 Å². The molecule has 0 amide bonds. The molecule has 182 valence electrons. The lowest BCUT2D eigenvalue weighted by Crippen LogP contribution is -2.34. The second-order valence-electron chi connectivity index (χ2n) is 8.27. The Kier molecular flexibility index (Phi) is 5.77. The van der Waals surface area contributed by atoms with Gasteiger partial charge in [0.05, 0.1) is 25.4 Å². The Morgan fingerprint density at radius 2 is 2.06 bits per heavy atom. The molecule has 10 nitrogen and oxygen atoms in total. The number of aromatic nitrogens is 2. The Morgan fingerprint density at radius 3 is 2.80 bits per heavy atom. The molecular formula is C24H23FN4O6. The Bertz CT molecular complexity index is 1430. The van der Waals surface area contributed by atoms with E-state index in [-0.39, 0.29) is 30.6 Å². The molecule has 0 radical (unpaired) electrons. The van der Waals surface area contributed by atoms with Crippen molar-refractivity contribution < 1.29 is 23.7 Å². The molecule has 3 heterocycles. The molecule has 0 unspecified atom stereocenters. The number of likely N-dealkylation sites (N-methyl/N-ethyl adjacent to an activating group) is 1. The van der Waals surface area contributed by atoms with Gasteiger partial charge in [-0.3, -0.25) is 19.7 Å². The van der Waals surface area contributed by atoms with E-state index in [2.05, 4.69) is 14.9 Å². The summed E-state index contributed by atoms with van der Waals surface area (Å²) in [6.07, 6.45) is 2.03. The van der Waals surface area contributed by atoms with E-state index in [9.17, 15) is 19.1 Å². The van der Waals surface area contributed by atoms with Crippen molar-refractivity contribution in [2.24, 2.45) is 4.99 Å². The van der Waals surface area contributed by atoms with Crippen LogP contribution in [0.4, 0.5) is 4.39 Å². The van der Waals surface area contributed by atoms with Crippen LogP contribution in [0, 0.1) is 5.82 Å². The maximum absolute atomic E-state index is 13.3. The first-order chi connectivity index (χ1) is 16.9. The molecule has 5 rings (SSSR count). The van der Waals surface area contributed by atoms with Crippen LogP contribution in [0.5, 0.6) is 23.1 Å². The van der Waals surface area contributed by atoms with Crippen molar-refractivity contribution in [3.63, 3.8) is 0 Å². The van der Waals surface area contributed by atoms with Gasteiger partial charge in [0, 0.05) is 18.3 Å². The van der Waals surface area contributed by atoms with Crippen molar-refractivity contribution >= 4 is 6.21 Å². The van der Waals surface area contributed by atoms with E-state index in [4.69, 9.17) is 14.2 Å². The third-order valence-electron chi connectivity index (χ3n) is 6.25. The van der Waals surface area contributed by atoms with Crippen LogP contribution in [0.3, 0.4) is 0 Å². The highest BCUT2D eigenvalue weighted by Gasteiger charge is 2.33. The molecule has 1 atom stereocenters. The molecule has 35 heavy (non-hydrogen) atoms. The van der Waals surface area contributed by atoms with Crippen LogP contribution >= 0.6 is 0 Å². The van der Waals surface area contributed by atoms with E-state index >= 15 is 0 Å². The van der Waals surface area contributed by atoms with Gasteiger partial charge >= 0.3 is 5.69 Å². The highest BCUT2D eigenvalue weighted by atomic mass is 19.1. The fourth-order valence-electron chi connectivity index (χ4n) is 4.48. The molecule has 3 aromatic rings. The lowest BCUT2D eigenvalue weighted by molar-refractivity contribution is 0.170. The van der Waals surface area contributed by atoms with E-state index in [1.165, 1.54) is 18.3 Å². The number of methoxy groups -OCH3 is 1. The molecule has 0 saturated heterocycles. The predicted molar refractivity (Wildman–Crippen MR) is 125 cm³/mol. The number of hydrogen-bond donors (Lipinski definition) is 2. The molecule has 2 aromatic carbocycles. The summed E-state index contributed by atoms with van der Waals surface area (Å²) in [5.74, 6) is 0.699. The summed E-state index contributed by atoms with van der Waals surface area (Å²) in [6.45, 7) is 1.14. The highest BCUT2D eigenvalue weighted by Crippen LogP contribution is 2.49. The van der Waals surface area contributed by atoms with Gasteiger partial charge in [0.25, 0.3) is 5.56 Å². The topological polar surface area (TPSA) is 118 Å². The zero-order chi connectivity index (χ0) is 24.7. The standard InChI is InChI=1S/C24H23FN4O6/c1-28-8-7-13-9-18-20(35-12-34-18)21(33-2)19(13)17(28)11-26-10-16-22(30)27-24(32)29(23(16)31)15-5-3-14(25)4-6-15/h3-6,9-10,17,31H,7-8,11-12H2,1-2H3,(H,27,30,32)/t17-/m1/s1. The van der Waals surface area contributed by atoms with Crippen LogP contribution in [0.1, 0.15) is 22.7 Å². The first kappa shape index (κ1) is 22.7. The number of aromatic hydroxyl groups is 1. The van der Waals surface area contributed by atoms with Crippen LogP contribution in [-0.4, -0.2) is 59.8 Å². The number of H-pyrrole nitrogens is 1. The van der Waals surface area contributed by atoms with Gasteiger partial charge < -0.3 is 19.3 Å². The fraction of sp³-hybridized carbons (Fsp3) is 0.292. The summed E-state index contributed by atoms with van der Waals surface area (Å²) in [7, 11) is 3.54. The van der Waals surface area contributed by atoms with Crippen molar-refractivity contribution in [3.8, 4) is 28.8 Å². The Labute approximate surface area is 198 Å². The SMILES string of the molecule is COc1c2c(cc3c1[C@@H](CN=Cc1c(O)n(-c4ccc(F)cc4)c(=O)[nH]c1=O)N(C)CC3)OCO2. The summed E-state index contributed by atoms with van der Waals surface area (Å²) in [5.41, 5.74) is 0.366. The summed E-state index contributed by atoms with van der Waals surface area (Å²) in [6, 6.07) is 6.70. The Morgan fingerprint density at radius 1 is 1.29 bits per heavy atom. The number of halogens is 1. The first-order valence-electron chi connectivity index (χ1n) is 10.9. The quantitative estimate of drug-likeness (QED) is 0.532. The maximum atomic E-state index is 13.3. The van der Waals surface area contributed by atoms with Gasteiger partial charge in [-0.25, -0.2) is 13.8 Å². The van der Waals surface area contributed by atoms with Crippen LogP contribution in [0.2, 0.25) is 0 Å². The monoisotopic (exact) mass is 482 g/mol. The van der Waals surface area contributed by atoms with Crippen molar-refractivity contribution in [2.45, 2.75) is 12.5 Å². The minimum Gasteiger partial charge on any atom is -0.493 e. The van der Waals surface area contributed by atoms with E-state index in [1.807, 2.05) is 13.1 Å². The second kappa shape index (κ2) is 8.91. The van der Waals surface area contributed by atoms with E-state index in [0.29, 0.717) is 17.2 Å². The predicted octanol–water partition coefficient (Wildman–Crippen LogP) is 1.76. The highest BCUT2D eigenvalue weighted by molar-refractivity contribution is 5.82. The zero-order valence-corrected chi connectivity index (χ0v) is 19.1. The van der Waals surface area contributed by atoms with E-state index < -0.39 is 22.9 Å². The molecule has 11 heteroatoms. The van der Waals surface area contributed by atoms with Gasteiger partial charge in [-0.15, -0.1) is 0 Å². The molecule has 0 fully saturated rings. The smallest absolute Gasteiger partial charge is 0.335 e. The van der Waals surface area contributed by atoms with Crippen molar-refractivity contribution in [1.82, 2.24) is 14.5 Å². The van der Waals surface area contributed by atoms with Gasteiger partial charge in [0.15, 0.2) is 11.5 Å². The molecule has 2 N–H and O–H groups in total. The number of fused-ring (bicyclic) bond motifs is 2. The number of nitrogens with one attached hydrogen (secondary N) is 1.